The molecule has 0 bridgehead atoms. The van der Waals surface area contributed by atoms with E-state index in [1.54, 1.807) is 0 Å². The van der Waals surface area contributed by atoms with Gasteiger partial charge in [-0.1, -0.05) is 31.0 Å². The molecule has 0 aliphatic heterocycles. The van der Waals surface area contributed by atoms with Gasteiger partial charge in [0.25, 0.3) is 0 Å². The SMILES string of the molecule is CCCCNCCOc1ccc(C)cc1.O=C(O)C(=O)O. The number of hydrogen-bond acceptors (Lipinski definition) is 4. The van der Waals surface area contributed by atoms with Gasteiger partial charge in [0.15, 0.2) is 0 Å². The second-order valence-corrected chi connectivity index (χ2v) is 4.38. The molecule has 0 aromatic heterocycles. The summed E-state index contributed by atoms with van der Waals surface area (Å²) in [6.07, 6.45) is 2.48. The number of carboxylic acids is 2. The molecule has 1 rings (SSSR count). The number of carbonyl (C=O) groups is 2. The van der Waals surface area contributed by atoms with Crippen molar-refractivity contribution in [3.05, 3.63) is 29.8 Å². The lowest BCUT2D eigenvalue weighted by Gasteiger charge is -2.07. The first-order valence-electron chi connectivity index (χ1n) is 6.83. The van der Waals surface area contributed by atoms with Crippen molar-refractivity contribution in [1.29, 1.82) is 0 Å². The lowest BCUT2D eigenvalue weighted by Crippen LogP contribution is -2.21. The Morgan fingerprint density at radius 1 is 1.10 bits per heavy atom. The third-order valence-corrected chi connectivity index (χ3v) is 2.46. The predicted molar refractivity (Wildman–Crippen MR) is 79.7 cm³/mol. The number of rotatable bonds is 7. The van der Waals surface area contributed by atoms with Crippen LogP contribution in [0.25, 0.3) is 0 Å². The van der Waals surface area contributed by atoms with Crippen molar-refractivity contribution in [2.75, 3.05) is 19.7 Å². The fourth-order valence-electron chi connectivity index (χ4n) is 1.30. The number of hydrogen-bond donors (Lipinski definition) is 3. The molecule has 0 fully saturated rings. The molecule has 0 saturated heterocycles. The normalized spacial score (nSPS) is 9.43. The Morgan fingerprint density at radius 3 is 2.14 bits per heavy atom. The first-order valence-corrected chi connectivity index (χ1v) is 6.83. The molecule has 0 radical (unpaired) electrons. The highest BCUT2D eigenvalue weighted by Crippen LogP contribution is 2.10. The second-order valence-electron chi connectivity index (χ2n) is 4.38. The van der Waals surface area contributed by atoms with Crippen LogP contribution >= 0.6 is 0 Å². The van der Waals surface area contributed by atoms with Crippen LogP contribution in [0.1, 0.15) is 25.3 Å². The van der Waals surface area contributed by atoms with Gasteiger partial charge in [-0.15, -0.1) is 0 Å². The summed E-state index contributed by atoms with van der Waals surface area (Å²) in [6, 6.07) is 8.17. The zero-order valence-corrected chi connectivity index (χ0v) is 12.5. The van der Waals surface area contributed by atoms with Crippen molar-refractivity contribution < 1.29 is 24.5 Å². The quantitative estimate of drug-likeness (QED) is 0.525. The molecule has 0 saturated carbocycles. The molecule has 0 atom stereocenters. The topological polar surface area (TPSA) is 95.9 Å². The van der Waals surface area contributed by atoms with Gasteiger partial charge in [0.2, 0.25) is 0 Å². The molecule has 118 valence electrons. The zero-order chi connectivity index (χ0) is 16.1. The lowest BCUT2D eigenvalue weighted by atomic mass is 10.2. The van der Waals surface area contributed by atoms with Crippen molar-refractivity contribution in [2.24, 2.45) is 0 Å². The van der Waals surface area contributed by atoms with Crippen LogP contribution < -0.4 is 10.1 Å². The maximum atomic E-state index is 9.10. The molecule has 6 nitrogen and oxygen atoms in total. The maximum Gasteiger partial charge on any atom is 0.414 e. The first-order chi connectivity index (χ1) is 9.97. The number of nitrogens with one attached hydrogen (secondary N) is 1. The van der Waals surface area contributed by atoms with Gasteiger partial charge in [0, 0.05) is 6.54 Å². The van der Waals surface area contributed by atoms with E-state index in [1.807, 2.05) is 12.1 Å². The summed E-state index contributed by atoms with van der Waals surface area (Å²) < 4.78 is 5.58. The standard InChI is InChI=1S/C13H21NO.C2H2O4/c1-3-4-9-14-10-11-15-13-7-5-12(2)6-8-13;3-1(4)2(5)6/h5-8,14H,3-4,9-11H2,1-2H3;(H,3,4)(H,5,6). The third kappa shape index (κ3) is 11.4. The molecule has 3 N–H and O–H groups in total. The molecule has 21 heavy (non-hydrogen) atoms. The number of benzene rings is 1. The molecule has 1 aromatic rings. The van der Waals surface area contributed by atoms with E-state index in [0.717, 1.165) is 25.4 Å². The van der Waals surface area contributed by atoms with Crippen LogP contribution in [0.4, 0.5) is 0 Å². The summed E-state index contributed by atoms with van der Waals surface area (Å²) >= 11 is 0. The van der Waals surface area contributed by atoms with Gasteiger partial charge in [-0.05, 0) is 32.0 Å². The summed E-state index contributed by atoms with van der Waals surface area (Å²) in [6.45, 7) is 7.04. The second kappa shape index (κ2) is 11.7. The van der Waals surface area contributed by atoms with E-state index in [-0.39, 0.29) is 0 Å². The smallest absolute Gasteiger partial charge is 0.414 e. The van der Waals surface area contributed by atoms with E-state index in [2.05, 4.69) is 31.3 Å². The van der Waals surface area contributed by atoms with E-state index in [1.165, 1.54) is 18.4 Å². The van der Waals surface area contributed by atoms with Crippen molar-refractivity contribution in [2.45, 2.75) is 26.7 Å². The summed E-state index contributed by atoms with van der Waals surface area (Å²) in [4.78, 5) is 18.2. The Labute approximate surface area is 124 Å². The average molecular weight is 297 g/mol. The molecule has 0 aliphatic rings. The van der Waals surface area contributed by atoms with Crippen LogP contribution in [-0.4, -0.2) is 41.8 Å². The van der Waals surface area contributed by atoms with E-state index in [0.29, 0.717) is 0 Å². The Kier molecular flexibility index (Phi) is 10.6. The maximum absolute atomic E-state index is 9.10. The van der Waals surface area contributed by atoms with Crippen molar-refractivity contribution in [3.63, 3.8) is 0 Å². The van der Waals surface area contributed by atoms with Crippen LogP contribution in [0, 0.1) is 6.92 Å². The lowest BCUT2D eigenvalue weighted by molar-refractivity contribution is -0.159. The minimum absolute atomic E-state index is 0.743. The third-order valence-electron chi connectivity index (χ3n) is 2.46. The fraction of sp³-hybridized carbons (Fsp3) is 0.467. The molecule has 0 aliphatic carbocycles. The van der Waals surface area contributed by atoms with Crippen LogP contribution in [0.5, 0.6) is 5.75 Å². The summed E-state index contributed by atoms with van der Waals surface area (Å²) in [5, 5.41) is 18.1. The minimum Gasteiger partial charge on any atom is -0.492 e. The molecule has 0 heterocycles. The number of aliphatic carboxylic acids is 2. The van der Waals surface area contributed by atoms with Gasteiger partial charge in [-0.2, -0.15) is 0 Å². The molecule has 0 amide bonds. The van der Waals surface area contributed by atoms with Gasteiger partial charge in [-0.3, -0.25) is 0 Å². The van der Waals surface area contributed by atoms with Crippen molar-refractivity contribution >= 4 is 11.9 Å². The Balaban J connectivity index is 0.000000567. The van der Waals surface area contributed by atoms with Crippen LogP contribution in [0.2, 0.25) is 0 Å². The highest BCUT2D eigenvalue weighted by molar-refractivity contribution is 6.27. The first kappa shape index (κ1) is 18.9. The zero-order valence-electron chi connectivity index (χ0n) is 12.5. The van der Waals surface area contributed by atoms with Crippen LogP contribution in [0.15, 0.2) is 24.3 Å². The van der Waals surface area contributed by atoms with Gasteiger partial charge < -0.3 is 20.3 Å². The summed E-state index contributed by atoms with van der Waals surface area (Å²) in [5.74, 6) is -2.69. The summed E-state index contributed by atoms with van der Waals surface area (Å²) in [7, 11) is 0. The van der Waals surface area contributed by atoms with E-state index < -0.39 is 11.9 Å². The van der Waals surface area contributed by atoms with E-state index in [9.17, 15) is 0 Å². The number of ether oxygens (including phenoxy) is 1. The number of aryl methyl sites for hydroxylation is 1. The summed E-state index contributed by atoms with van der Waals surface area (Å²) in [5.41, 5.74) is 1.27. The Morgan fingerprint density at radius 2 is 1.67 bits per heavy atom. The Hall–Kier alpha value is -2.08. The molecule has 0 unspecified atom stereocenters. The highest BCUT2D eigenvalue weighted by Gasteiger charge is 2.04. The minimum atomic E-state index is -1.82. The molecular weight excluding hydrogens is 274 g/mol. The fourth-order valence-corrected chi connectivity index (χ4v) is 1.30. The van der Waals surface area contributed by atoms with E-state index in [4.69, 9.17) is 24.5 Å². The van der Waals surface area contributed by atoms with Crippen molar-refractivity contribution in [3.8, 4) is 5.75 Å². The Bertz CT molecular complexity index is 405. The van der Waals surface area contributed by atoms with E-state index >= 15 is 0 Å². The predicted octanol–water partition coefficient (Wildman–Crippen LogP) is 1.92. The highest BCUT2D eigenvalue weighted by atomic mass is 16.5. The molecule has 6 heteroatoms. The molecular formula is C15H23NO5. The van der Waals surface area contributed by atoms with Crippen LogP contribution in [0.3, 0.4) is 0 Å². The molecule has 1 aromatic carbocycles. The molecule has 0 spiro atoms. The number of unbranched alkanes of at least 4 members (excludes halogenated alkanes) is 1. The van der Waals surface area contributed by atoms with Gasteiger partial charge in [-0.25, -0.2) is 9.59 Å². The average Bonchev–Trinajstić information content (AvgIpc) is 2.45. The van der Waals surface area contributed by atoms with Gasteiger partial charge >= 0.3 is 11.9 Å². The van der Waals surface area contributed by atoms with Gasteiger partial charge in [0.1, 0.15) is 12.4 Å². The number of carboxylic acid groups (broad SMARTS) is 2. The van der Waals surface area contributed by atoms with Gasteiger partial charge in [0.05, 0.1) is 0 Å². The monoisotopic (exact) mass is 297 g/mol. The van der Waals surface area contributed by atoms with Crippen LogP contribution in [-0.2, 0) is 9.59 Å². The largest absolute Gasteiger partial charge is 0.492 e. The van der Waals surface area contributed by atoms with Crippen molar-refractivity contribution in [1.82, 2.24) is 5.32 Å².